The molecular formula is C16H29N3O2. The van der Waals surface area contributed by atoms with Gasteiger partial charge in [-0.15, -0.1) is 0 Å². The van der Waals surface area contributed by atoms with Crippen molar-refractivity contribution < 1.29 is 9.53 Å². The lowest BCUT2D eigenvalue weighted by Crippen LogP contribution is -2.55. The highest BCUT2D eigenvalue weighted by Gasteiger charge is 2.42. The van der Waals surface area contributed by atoms with Crippen LogP contribution in [-0.4, -0.2) is 54.7 Å². The van der Waals surface area contributed by atoms with Gasteiger partial charge in [0.2, 0.25) is 5.91 Å². The Labute approximate surface area is 127 Å². The van der Waals surface area contributed by atoms with Gasteiger partial charge >= 0.3 is 0 Å². The van der Waals surface area contributed by atoms with Crippen LogP contribution in [0, 0.1) is 0 Å². The van der Waals surface area contributed by atoms with E-state index in [0.717, 1.165) is 45.4 Å². The number of ether oxygens (including phenoxy) is 1. The number of amides is 1. The van der Waals surface area contributed by atoms with E-state index in [-0.39, 0.29) is 11.5 Å². The van der Waals surface area contributed by atoms with Gasteiger partial charge in [-0.25, -0.2) is 0 Å². The Bertz CT molecular complexity index is 363. The molecule has 120 valence electrons. The number of primary amides is 1. The number of hydrogen-bond acceptors (Lipinski definition) is 4. The summed E-state index contributed by atoms with van der Waals surface area (Å²) in [5.74, 6) is -0.194. The molecule has 1 saturated carbocycles. The summed E-state index contributed by atoms with van der Waals surface area (Å²) in [5.41, 5.74) is 5.63. The van der Waals surface area contributed by atoms with E-state index in [0.29, 0.717) is 18.6 Å². The lowest BCUT2D eigenvalue weighted by Gasteiger charge is -2.46. The smallest absolute Gasteiger partial charge is 0.231 e. The van der Waals surface area contributed by atoms with Gasteiger partial charge in [0, 0.05) is 18.7 Å². The molecule has 0 bridgehead atoms. The van der Waals surface area contributed by atoms with E-state index in [2.05, 4.69) is 10.2 Å². The van der Waals surface area contributed by atoms with Crippen LogP contribution in [0.3, 0.4) is 0 Å². The molecule has 1 aliphatic carbocycles. The van der Waals surface area contributed by atoms with Gasteiger partial charge in [-0.2, -0.15) is 0 Å². The second kappa shape index (κ2) is 6.63. The topological polar surface area (TPSA) is 67.6 Å². The molecule has 5 heteroatoms. The number of hydrogen-bond donors (Lipinski definition) is 2. The predicted octanol–water partition coefficient (Wildman–Crippen LogP) is 1.02. The van der Waals surface area contributed by atoms with Gasteiger partial charge in [0.05, 0.1) is 12.1 Å². The third kappa shape index (κ3) is 3.58. The summed E-state index contributed by atoms with van der Waals surface area (Å²) in [6.45, 7) is 3.35. The monoisotopic (exact) mass is 295 g/mol. The highest BCUT2D eigenvalue weighted by Crippen LogP contribution is 2.41. The first-order valence-electron chi connectivity index (χ1n) is 8.57. The van der Waals surface area contributed by atoms with Crippen LogP contribution in [0.25, 0.3) is 0 Å². The fourth-order valence-electron chi connectivity index (χ4n) is 4.53. The Morgan fingerprint density at radius 2 is 1.90 bits per heavy atom. The molecule has 3 rings (SSSR count). The maximum absolute atomic E-state index is 11.5. The number of nitrogens with two attached hydrogens (primary N) is 1. The van der Waals surface area contributed by atoms with Gasteiger partial charge in [0.25, 0.3) is 0 Å². The maximum Gasteiger partial charge on any atom is 0.231 e. The quantitative estimate of drug-likeness (QED) is 0.812. The molecular weight excluding hydrogens is 266 g/mol. The van der Waals surface area contributed by atoms with Crippen molar-refractivity contribution in [3.8, 4) is 0 Å². The average Bonchev–Trinajstić information content (AvgIpc) is 2.93. The first kappa shape index (κ1) is 15.3. The molecule has 2 aliphatic heterocycles. The molecule has 21 heavy (non-hydrogen) atoms. The van der Waals surface area contributed by atoms with E-state index < -0.39 is 0 Å². The Hall–Kier alpha value is -0.650. The van der Waals surface area contributed by atoms with Crippen molar-refractivity contribution in [3.63, 3.8) is 0 Å². The highest BCUT2D eigenvalue weighted by molar-refractivity contribution is 5.76. The second-order valence-corrected chi connectivity index (χ2v) is 7.01. The van der Waals surface area contributed by atoms with E-state index >= 15 is 0 Å². The molecule has 0 aromatic rings. The molecule has 0 aromatic carbocycles. The van der Waals surface area contributed by atoms with Crippen LogP contribution in [0.5, 0.6) is 0 Å². The molecule has 3 aliphatic rings. The fourth-order valence-corrected chi connectivity index (χ4v) is 4.53. The summed E-state index contributed by atoms with van der Waals surface area (Å²) >= 11 is 0. The van der Waals surface area contributed by atoms with E-state index in [1.807, 2.05) is 0 Å². The molecule has 1 atom stereocenters. The third-order valence-corrected chi connectivity index (χ3v) is 5.57. The first-order chi connectivity index (χ1) is 10.2. The first-order valence-corrected chi connectivity index (χ1v) is 8.57. The van der Waals surface area contributed by atoms with E-state index in [9.17, 15) is 4.79 Å². The molecule has 1 spiro atoms. The zero-order chi connectivity index (χ0) is 14.7. The maximum atomic E-state index is 11.5. The fraction of sp³-hybridized carbons (Fsp3) is 0.938. The van der Waals surface area contributed by atoms with Crippen LogP contribution < -0.4 is 11.1 Å². The molecule has 3 fully saturated rings. The zero-order valence-corrected chi connectivity index (χ0v) is 13.0. The van der Waals surface area contributed by atoms with E-state index in [4.69, 9.17) is 10.5 Å². The molecule has 2 saturated heterocycles. The summed E-state index contributed by atoms with van der Waals surface area (Å²) in [4.78, 5) is 13.9. The summed E-state index contributed by atoms with van der Waals surface area (Å²) < 4.78 is 6.14. The van der Waals surface area contributed by atoms with Crippen LogP contribution in [0.2, 0.25) is 0 Å². The minimum atomic E-state index is -0.194. The van der Waals surface area contributed by atoms with Crippen LogP contribution >= 0.6 is 0 Å². The number of nitrogens with zero attached hydrogens (tertiary/aromatic N) is 1. The van der Waals surface area contributed by atoms with Crippen LogP contribution in [-0.2, 0) is 9.53 Å². The average molecular weight is 295 g/mol. The Balaban J connectivity index is 1.70. The van der Waals surface area contributed by atoms with E-state index in [1.165, 1.54) is 25.7 Å². The predicted molar refractivity (Wildman–Crippen MR) is 82.0 cm³/mol. The second-order valence-electron chi connectivity index (χ2n) is 7.01. The van der Waals surface area contributed by atoms with Crippen LogP contribution in [0.4, 0.5) is 0 Å². The van der Waals surface area contributed by atoms with Gasteiger partial charge in [0.1, 0.15) is 0 Å². The van der Waals surface area contributed by atoms with Gasteiger partial charge in [0.15, 0.2) is 0 Å². The van der Waals surface area contributed by atoms with Crippen molar-refractivity contribution in [2.45, 2.75) is 69.1 Å². The van der Waals surface area contributed by atoms with Gasteiger partial charge in [-0.1, -0.05) is 12.8 Å². The Morgan fingerprint density at radius 3 is 2.57 bits per heavy atom. The van der Waals surface area contributed by atoms with Gasteiger partial charge in [-0.05, 0) is 51.6 Å². The van der Waals surface area contributed by atoms with Crippen LogP contribution in [0.15, 0.2) is 0 Å². The Kier molecular flexibility index (Phi) is 4.82. The number of rotatable bonds is 4. The molecule has 2 heterocycles. The summed E-state index contributed by atoms with van der Waals surface area (Å²) in [5, 5.41) is 3.41. The summed E-state index contributed by atoms with van der Waals surface area (Å²) in [7, 11) is 0. The van der Waals surface area contributed by atoms with Gasteiger partial charge < -0.3 is 15.8 Å². The number of nitrogens with one attached hydrogen (secondary N) is 1. The number of piperidine rings is 1. The molecule has 0 aromatic heterocycles. The zero-order valence-electron chi connectivity index (χ0n) is 13.0. The Morgan fingerprint density at radius 1 is 1.19 bits per heavy atom. The van der Waals surface area contributed by atoms with Gasteiger partial charge in [-0.3, -0.25) is 9.69 Å². The van der Waals surface area contributed by atoms with Crippen molar-refractivity contribution in [3.05, 3.63) is 0 Å². The molecule has 3 N–H and O–H groups in total. The normalized spacial score (nSPS) is 30.0. The minimum Gasteiger partial charge on any atom is -0.375 e. The number of carbonyl (C=O) groups excluding carboxylic acids is 1. The number of carbonyl (C=O) groups is 1. The SMILES string of the molecule is NC(=O)CN(C1CCNCC1)C1CCOC2(CCCC2)C1. The van der Waals surface area contributed by atoms with Crippen molar-refractivity contribution in [2.24, 2.45) is 5.73 Å². The standard InChI is InChI=1S/C16H29N3O2/c17-15(20)12-19(13-3-8-18-9-4-13)14-5-10-21-16(11-14)6-1-2-7-16/h13-14,18H,1-12H2,(H2,17,20). The molecule has 1 amide bonds. The van der Waals surface area contributed by atoms with Crippen molar-refractivity contribution in [1.82, 2.24) is 10.2 Å². The van der Waals surface area contributed by atoms with Crippen molar-refractivity contribution >= 4 is 5.91 Å². The summed E-state index contributed by atoms with van der Waals surface area (Å²) in [6, 6.07) is 0.966. The van der Waals surface area contributed by atoms with Crippen LogP contribution in [0.1, 0.15) is 51.4 Å². The largest absolute Gasteiger partial charge is 0.375 e. The minimum absolute atomic E-state index is 0.103. The summed E-state index contributed by atoms with van der Waals surface area (Å²) in [6.07, 6.45) is 9.34. The van der Waals surface area contributed by atoms with Crippen molar-refractivity contribution in [1.29, 1.82) is 0 Å². The lowest BCUT2D eigenvalue weighted by atomic mass is 9.86. The van der Waals surface area contributed by atoms with Crippen molar-refractivity contribution in [2.75, 3.05) is 26.2 Å². The van der Waals surface area contributed by atoms with E-state index in [1.54, 1.807) is 0 Å². The third-order valence-electron chi connectivity index (χ3n) is 5.57. The lowest BCUT2D eigenvalue weighted by molar-refractivity contribution is -0.127. The molecule has 0 radical (unpaired) electrons. The molecule has 1 unspecified atom stereocenters. The molecule has 5 nitrogen and oxygen atoms in total. The highest BCUT2D eigenvalue weighted by atomic mass is 16.5.